The second-order valence-electron chi connectivity index (χ2n) is 6.17. The number of nitrogens with one attached hydrogen (secondary N) is 1. The zero-order valence-electron chi connectivity index (χ0n) is 13.3. The van der Waals surface area contributed by atoms with E-state index < -0.39 is 17.8 Å². The van der Waals surface area contributed by atoms with Gasteiger partial charge in [-0.2, -0.15) is 18.3 Å². The summed E-state index contributed by atoms with van der Waals surface area (Å²) in [6.45, 7) is 0.288. The lowest BCUT2D eigenvalue weighted by Crippen LogP contribution is -2.37. The van der Waals surface area contributed by atoms with Gasteiger partial charge < -0.3 is 14.4 Å². The molecule has 1 amide bonds. The molecule has 1 fully saturated rings. The van der Waals surface area contributed by atoms with Gasteiger partial charge in [-0.25, -0.2) is 0 Å². The molecule has 1 saturated carbocycles. The average Bonchev–Trinajstić information content (AvgIpc) is 3.17. The number of aliphatic hydroxyl groups excluding tert-OH is 1. The maximum Gasteiger partial charge on any atom is 0.432 e. The molecule has 0 saturated heterocycles. The Hall–Kier alpha value is -2.29. The summed E-state index contributed by atoms with van der Waals surface area (Å²) in [4.78, 5) is 14.1. The first-order chi connectivity index (χ1) is 11.9. The topological polar surface area (TPSA) is 82.4 Å². The van der Waals surface area contributed by atoms with Crippen molar-refractivity contribution in [1.29, 1.82) is 0 Å². The molecule has 136 valence electrons. The van der Waals surface area contributed by atoms with Gasteiger partial charge >= 0.3 is 6.18 Å². The van der Waals surface area contributed by atoms with Gasteiger partial charge in [0.1, 0.15) is 23.8 Å². The minimum absolute atomic E-state index is 0.115. The molecule has 3 rings (SSSR count). The van der Waals surface area contributed by atoms with E-state index >= 15 is 0 Å². The lowest BCUT2D eigenvalue weighted by atomic mass is 9.85. The summed E-state index contributed by atoms with van der Waals surface area (Å²) in [7, 11) is 0. The number of alkyl halides is 3. The highest BCUT2D eigenvalue weighted by Crippen LogP contribution is 2.30. The van der Waals surface area contributed by atoms with Crippen LogP contribution in [0.25, 0.3) is 0 Å². The molecule has 2 aromatic rings. The number of aromatic nitrogens is 2. The van der Waals surface area contributed by atoms with Crippen LogP contribution >= 0.6 is 0 Å². The summed E-state index contributed by atoms with van der Waals surface area (Å²) in [5, 5.41) is 14.4. The molecule has 2 aromatic heterocycles. The average molecular weight is 357 g/mol. The number of rotatable bonds is 6. The van der Waals surface area contributed by atoms with E-state index in [-0.39, 0.29) is 18.8 Å². The van der Waals surface area contributed by atoms with Crippen molar-refractivity contribution in [2.75, 3.05) is 6.54 Å². The number of furan rings is 1. The molecule has 0 aliphatic heterocycles. The Kier molecular flexibility index (Phi) is 4.85. The first kappa shape index (κ1) is 17.5. The number of H-pyrrole nitrogens is 1. The molecule has 0 atom stereocenters. The summed E-state index contributed by atoms with van der Waals surface area (Å²) >= 11 is 0. The second-order valence-corrected chi connectivity index (χ2v) is 6.17. The van der Waals surface area contributed by atoms with Crippen molar-refractivity contribution in [3.63, 3.8) is 0 Å². The minimum Gasteiger partial charge on any atom is -0.462 e. The van der Waals surface area contributed by atoms with E-state index in [2.05, 4.69) is 5.10 Å². The Morgan fingerprint density at radius 3 is 2.60 bits per heavy atom. The normalized spacial score (nSPS) is 15.2. The van der Waals surface area contributed by atoms with Gasteiger partial charge in [-0.1, -0.05) is 6.42 Å². The van der Waals surface area contributed by atoms with Crippen LogP contribution in [0.1, 0.15) is 47.0 Å². The molecule has 1 aliphatic rings. The fourth-order valence-electron chi connectivity index (χ4n) is 2.73. The lowest BCUT2D eigenvalue weighted by molar-refractivity contribution is -0.141. The fraction of sp³-hybridized carbons (Fsp3) is 0.500. The molecule has 2 N–H and O–H groups in total. The van der Waals surface area contributed by atoms with Crippen molar-refractivity contribution in [1.82, 2.24) is 15.1 Å². The minimum atomic E-state index is -4.58. The van der Waals surface area contributed by atoms with E-state index in [0.29, 0.717) is 24.0 Å². The maximum atomic E-state index is 12.7. The molecular weight excluding hydrogens is 339 g/mol. The van der Waals surface area contributed by atoms with Crippen LogP contribution in [0.5, 0.6) is 0 Å². The van der Waals surface area contributed by atoms with Crippen LogP contribution in [0.2, 0.25) is 0 Å². The predicted molar refractivity (Wildman–Crippen MR) is 80.3 cm³/mol. The summed E-state index contributed by atoms with van der Waals surface area (Å²) in [6, 6.07) is 3.95. The Bertz CT molecular complexity index is 734. The zero-order valence-corrected chi connectivity index (χ0v) is 13.3. The third kappa shape index (κ3) is 4.04. The fourth-order valence-corrected chi connectivity index (χ4v) is 2.73. The summed E-state index contributed by atoms with van der Waals surface area (Å²) in [5.74, 6) is 0.575. The van der Waals surface area contributed by atoms with Crippen molar-refractivity contribution in [3.05, 3.63) is 41.1 Å². The van der Waals surface area contributed by atoms with E-state index in [4.69, 9.17) is 9.52 Å². The molecule has 0 radical (unpaired) electrons. The molecule has 25 heavy (non-hydrogen) atoms. The van der Waals surface area contributed by atoms with E-state index in [1.165, 1.54) is 4.90 Å². The Morgan fingerprint density at radius 2 is 2.08 bits per heavy atom. The number of hydrogen-bond acceptors (Lipinski definition) is 4. The largest absolute Gasteiger partial charge is 0.462 e. The number of halogens is 3. The van der Waals surface area contributed by atoms with Crippen LogP contribution in [0.3, 0.4) is 0 Å². The maximum absolute atomic E-state index is 12.7. The first-order valence-electron chi connectivity index (χ1n) is 7.97. The summed E-state index contributed by atoms with van der Waals surface area (Å²) < 4.78 is 43.5. The molecule has 2 heterocycles. The number of aromatic amines is 1. The van der Waals surface area contributed by atoms with E-state index in [9.17, 15) is 18.0 Å². The van der Waals surface area contributed by atoms with Crippen molar-refractivity contribution in [2.24, 2.45) is 5.92 Å². The van der Waals surface area contributed by atoms with Gasteiger partial charge in [0.15, 0.2) is 5.69 Å². The molecule has 9 heteroatoms. The number of aliphatic hydroxyl groups is 1. The SMILES string of the molecule is O=C(c1cc(C(F)(F)F)[nH]n1)N(Cc1ccc(CO)o1)CC1CCC1. The third-order valence-corrected chi connectivity index (χ3v) is 4.31. The van der Waals surface area contributed by atoms with Crippen molar-refractivity contribution >= 4 is 5.91 Å². The molecule has 0 aromatic carbocycles. The van der Waals surface area contributed by atoms with Crippen molar-refractivity contribution < 1.29 is 27.5 Å². The zero-order chi connectivity index (χ0) is 18.0. The van der Waals surface area contributed by atoms with Crippen molar-refractivity contribution in [3.8, 4) is 0 Å². The van der Waals surface area contributed by atoms with Crippen LogP contribution in [-0.4, -0.2) is 32.7 Å². The number of nitrogens with zero attached hydrogens (tertiary/aromatic N) is 2. The van der Waals surface area contributed by atoms with E-state index in [0.717, 1.165) is 25.3 Å². The van der Waals surface area contributed by atoms with E-state index in [1.807, 2.05) is 5.10 Å². The monoisotopic (exact) mass is 357 g/mol. The van der Waals surface area contributed by atoms with Gasteiger partial charge in [-0.05, 0) is 30.9 Å². The Balaban J connectivity index is 1.77. The first-order valence-corrected chi connectivity index (χ1v) is 7.97. The van der Waals surface area contributed by atoms with Crippen LogP contribution in [0.4, 0.5) is 13.2 Å². The lowest BCUT2D eigenvalue weighted by Gasteiger charge is -2.31. The highest BCUT2D eigenvalue weighted by Gasteiger charge is 2.35. The third-order valence-electron chi connectivity index (χ3n) is 4.31. The van der Waals surface area contributed by atoms with Gasteiger partial charge in [0.2, 0.25) is 0 Å². The number of hydrogen-bond donors (Lipinski definition) is 2. The predicted octanol–water partition coefficient (Wildman–Crippen LogP) is 2.96. The van der Waals surface area contributed by atoms with Gasteiger partial charge in [0, 0.05) is 12.6 Å². The smallest absolute Gasteiger partial charge is 0.432 e. The van der Waals surface area contributed by atoms with Crippen molar-refractivity contribution in [2.45, 2.75) is 38.6 Å². The summed E-state index contributed by atoms with van der Waals surface area (Å²) in [6.07, 6.45) is -1.53. The quantitative estimate of drug-likeness (QED) is 0.833. The number of amides is 1. The molecular formula is C16H18F3N3O3. The van der Waals surface area contributed by atoms with Crippen LogP contribution in [0, 0.1) is 5.92 Å². The van der Waals surface area contributed by atoms with Crippen LogP contribution < -0.4 is 0 Å². The highest BCUT2D eigenvalue weighted by atomic mass is 19.4. The number of carbonyl (C=O) groups is 1. The summed E-state index contributed by atoms with van der Waals surface area (Å²) in [5.41, 5.74) is -1.33. The van der Waals surface area contributed by atoms with Gasteiger partial charge in [-0.15, -0.1) is 0 Å². The second kappa shape index (κ2) is 6.91. The molecule has 0 spiro atoms. The Labute approximate surface area is 141 Å². The van der Waals surface area contributed by atoms with E-state index in [1.54, 1.807) is 12.1 Å². The molecule has 6 nitrogen and oxygen atoms in total. The molecule has 1 aliphatic carbocycles. The molecule has 0 unspecified atom stereocenters. The van der Waals surface area contributed by atoms with Crippen LogP contribution in [0.15, 0.2) is 22.6 Å². The molecule has 0 bridgehead atoms. The van der Waals surface area contributed by atoms with Crippen LogP contribution in [-0.2, 0) is 19.3 Å². The van der Waals surface area contributed by atoms with Gasteiger partial charge in [0.25, 0.3) is 5.91 Å². The Morgan fingerprint density at radius 1 is 1.36 bits per heavy atom. The highest BCUT2D eigenvalue weighted by molar-refractivity contribution is 5.92. The standard InChI is InChI=1S/C16H18F3N3O3/c17-16(18,19)14-6-13(20-21-14)15(24)22(7-10-2-1-3-10)8-11-4-5-12(9-23)25-11/h4-6,10,23H,1-3,7-9H2,(H,20,21). The number of carbonyl (C=O) groups excluding carboxylic acids is 1. The van der Waals surface area contributed by atoms with Gasteiger partial charge in [-0.3, -0.25) is 9.89 Å². The van der Waals surface area contributed by atoms with Gasteiger partial charge in [0.05, 0.1) is 6.54 Å².